The summed E-state index contributed by atoms with van der Waals surface area (Å²) >= 11 is 3.63. The van der Waals surface area contributed by atoms with Crippen molar-refractivity contribution in [2.75, 3.05) is 26.3 Å². The van der Waals surface area contributed by atoms with Crippen molar-refractivity contribution in [2.24, 2.45) is 17.3 Å². The molecule has 6 atom stereocenters. The lowest BCUT2D eigenvalue weighted by Crippen LogP contribution is -2.61. The zero-order chi connectivity index (χ0) is 26.3. The van der Waals surface area contributed by atoms with E-state index in [0.29, 0.717) is 13.0 Å². The first-order valence-corrected chi connectivity index (χ1v) is 13.1. The van der Waals surface area contributed by atoms with Crippen LogP contribution in [0.2, 0.25) is 0 Å². The average Bonchev–Trinajstić information content (AvgIpc) is 3.32. The fourth-order valence-corrected chi connectivity index (χ4v) is 7.51. The van der Waals surface area contributed by atoms with E-state index in [4.69, 9.17) is 9.47 Å². The Hall–Kier alpha value is -1.71. The minimum Gasteiger partial charge on any atom is -0.461 e. The fraction of sp³-hybridized carbons (Fsp3) is 0.731. The molecule has 3 saturated heterocycles. The summed E-state index contributed by atoms with van der Waals surface area (Å²) in [6.07, 6.45) is 3.69. The predicted molar refractivity (Wildman–Crippen MR) is 136 cm³/mol. The van der Waals surface area contributed by atoms with Crippen molar-refractivity contribution in [3.8, 4) is 0 Å². The number of likely N-dealkylation sites (tertiary alicyclic amines) is 1. The van der Waals surface area contributed by atoms with Crippen molar-refractivity contribution in [1.29, 1.82) is 0 Å². The Morgan fingerprint density at radius 2 is 1.94 bits per heavy atom. The molecule has 0 aliphatic carbocycles. The quantitative estimate of drug-likeness (QED) is 0.253. The van der Waals surface area contributed by atoms with Gasteiger partial charge in [-0.15, -0.1) is 6.58 Å². The number of halogens is 1. The summed E-state index contributed by atoms with van der Waals surface area (Å²) in [5.74, 6) is -2.84. The number of fused-ring (bicyclic) bond motifs is 1. The molecule has 0 aromatic carbocycles. The maximum absolute atomic E-state index is 14.4. The van der Waals surface area contributed by atoms with Crippen LogP contribution >= 0.6 is 15.9 Å². The van der Waals surface area contributed by atoms with E-state index in [1.54, 1.807) is 11.0 Å². The number of esters is 1. The Morgan fingerprint density at radius 3 is 2.49 bits per heavy atom. The summed E-state index contributed by atoms with van der Waals surface area (Å²) in [7, 11) is 0. The molecule has 0 radical (unpaired) electrons. The first kappa shape index (κ1) is 27.9. The largest absolute Gasteiger partial charge is 0.461 e. The van der Waals surface area contributed by atoms with Crippen molar-refractivity contribution < 1.29 is 29.0 Å². The van der Waals surface area contributed by atoms with Gasteiger partial charge in [-0.3, -0.25) is 14.4 Å². The smallest absolute Gasteiger partial charge is 0.312 e. The third-order valence-electron chi connectivity index (χ3n) is 7.25. The Balaban J connectivity index is 2.07. The molecule has 3 unspecified atom stereocenters. The summed E-state index contributed by atoms with van der Waals surface area (Å²) in [6.45, 7) is 17.8. The zero-order valence-corrected chi connectivity index (χ0v) is 23.0. The third kappa shape index (κ3) is 4.83. The molecule has 35 heavy (non-hydrogen) atoms. The molecule has 3 rings (SSSR count). The standard InChI is InChI=1S/C26H39BrN2O6/c1-8-10-29(25(6,7)15-24(3,4)5)22(32)20-26-14-16(27)19(35-26)17(23(33)34-13-9-2)18(26)21(31)28(20)11-12-30/h8-9,16-20,30H,1-2,10-15H2,3-7H3/t16?,17-,18-,19-,20?,26?/m0/s1. The lowest BCUT2D eigenvalue weighted by molar-refractivity contribution is -0.155. The highest BCUT2D eigenvalue weighted by Crippen LogP contribution is 2.60. The number of alkyl halides is 1. The maximum Gasteiger partial charge on any atom is 0.312 e. The molecular formula is C26H39BrN2O6. The van der Waals surface area contributed by atoms with Gasteiger partial charge in [0, 0.05) is 23.5 Å². The van der Waals surface area contributed by atoms with Gasteiger partial charge in [0.05, 0.1) is 24.5 Å². The molecule has 3 aliphatic rings. The van der Waals surface area contributed by atoms with Crippen LogP contribution in [0.4, 0.5) is 0 Å². The van der Waals surface area contributed by atoms with Crippen molar-refractivity contribution >= 4 is 33.7 Å². The molecule has 2 amide bonds. The zero-order valence-electron chi connectivity index (χ0n) is 21.5. The number of nitrogens with zero attached hydrogens (tertiary/aromatic N) is 2. The molecule has 0 saturated carbocycles. The summed E-state index contributed by atoms with van der Waals surface area (Å²) in [5.41, 5.74) is -1.78. The summed E-state index contributed by atoms with van der Waals surface area (Å²) in [6, 6.07) is -0.964. The number of hydrogen-bond acceptors (Lipinski definition) is 6. The Labute approximate surface area is 216 Å². The van der Waals surface area contributed by atoms with E-state index in [2.05, 4.69) is 49.9 Å². The van der Waals surface area contributed by atoms with Gasteiger partial charge in [0.2, 0.25) is 11.8 Å². The first-order valence-electron chi connectivity index (χ1n) is 12.2. The number of hydrogen-bond donors (Lipinski definition) is 1. The summed E-state index contributed by atoms with van der Waals surface area (Å²) in [5, 5.41) is 9.78. The number of rotatable bonds is 10. The van der Waals surface area contributed by atoms with Crippen LogP contribution in [0, 0.1) is 17.3 Å². The highest BCUT2D eigenvalue weighted by Gasteiger charge is 2.77. The average molecular weight is 556 g/mol. The molecule has 3 heterocycles. The molecule has 1 spiro atoms. The van der Waals surface area contributed by atoms with Gasteiger partial charge in [-0.2, -0.15) is 0 Å². The molecule has 0 aromatic heterocycles. The third-order valence-corrected chi connectivity index (χ3v) is 8.10. The van der Waals surface area contributed by atoms with Gasteiger partial charge in [0.1, 0.15) is 18.2 Å². The molecule has 1 N–H and O–H groups in total. The van der Waals surface area contributed by atoms with Gasteiger partial charge in [0.15, 0.2) is 0 Å². The highest BCUT2D eigenvalue weighted by atomic mass is 79.9. The number of ether oxygens (including phenoxy) is 2. The van der Waals surface area contributed by atoms with E-state index in [9.17, 15) is 19.5 Å². The van der Waals surface area contributed by atoms with Crippen molar-refractivity contribution in [1.82, 2.24) is 9.80 Å². The monoisotopic (exact) mass is 554 g/mol. The molecule has 196 valence electrons. The molecule has 9 heteroatoms. The van der Waals surface area contributed by atoms with Crippen LogP contribution in [0.15, 0.2) is 25.3 Å². The van der Waals surface area contributed by atoms with E-state index in [1.165, 1.54) is 11.0 Å². The van der Waals surface area contributed by atoms with Crippen LogP contribution in [-0.2, 0) is 23.9 Å². The molecule has 2 bridgehead atoms. The highest BCUT2D eigenvalue weighted by molar-refractivity contribution is 9.09. The van der Waals surface area contributed by atoms with Gasteiger partial charge in [0.25, 0.3) is 0 Å². The number of amides is 2. The normalized spacial score (nSPS) is 31.9. The Bertz CT molecular complexity index is 884. The van der Waals surface area contributed by atoms with Gasteiger partial charge < -0.3 is 24.4 Å². The van der Waals surface area contributed by atoms with Gasteiger partial charge in [-0.1, -0.05) is 55.4 Å². The van der Waals surface area contributed by atoms with Gasteiger partial charge in [-0.05, 0) is 32.1 Å². The minimum atomic E-state index is -1.18. The second kappa shape index (κ2) is 9.98. The number of aliphatic hydroxyl groups is 1. The van der Waals surface area contributed by atoms with Crippen molar-refractivity contribution in [2.45, 2.75) is 75.6 Å². The lowest BCUT2D eigenvalue weighted by atomic mass is 9.70. The van der Waals surface area contributed by atoms with E-state index in [-0.39, 0.29) is 41.8 Å². The van der Waals surface area contributed by atoms with Crippen LogP contribution in [0.1, 0.15) is 47.5 Å². The number of carbonyl (C=O) groups is 3. The second-order valence-electron chi connectivity index (χ2n) is 11.6. The molecule has 8 nitrogen and oxygen atoms in total. The molecule has 3 aliphatic heterocycles. The van der Waals surface area contributed by atoms with E-state index < -0.39 is 41.1 Å². The minimum absolute atomic E-state index is 0.0233. The fourth-order valence-electron chi connectivity index (χ4n) is 6.57. The Morgan fingerprint density at radius 1 is 1.29 bits per heavy atom. The van der Waals surface area contributed by atoms with Gasteiger partial charge in [-0.25, -0.2) is 0 Å². The van der Waals surface area contributed by atoms with E-state index in [1.807, 2.05) is 13.8 Å². The molecule has 0 aromatic rings. The second-order valence-corrected chi connectivity index (χ2v) is 12.8. The summed E-state index contributed by atoms with van der Waals surface area (Å²) < 4.78 is 11.8. The lowest BCUT2D eigenvalue weighted by Gasteiger charge is -2.45. The Kier molecular flexibility index (Phi) is 7.95. The first-order chi connectivity index (χ1) is 16.3. The topological polar surface area (TPSA) is 96.4 Å². The van der Waals surface area contributed by atoms with Crippen LogP contribution in [-0.4, -0.2) is 87.1 Å². The van der Waals surface area contributed by atoms with Crippen LogP contribution < -0.4 is 0 Å². The van der Waals surface area contributed by atoms with E-state index >= 15 is 0 Å². The van der Waals surface area contributed by atoms with Crippen LogP contribution in [0.3, 0.4) is 0 Å². The summed E-state index contributed by atoms with van der Waals surface area (Å²) in [4.78, 5) is 44.1. The van der Waals surface area contributed by atoms with Gasteiger partial charge >= 0.3 is 5.97 Å². The molecular weight excluding hydrogens is 516 g/mol. The maximum atomic E-state index is 14.4. The molecule has 3 fully saturated rings. The number of β-amino-alcohol motifs (C(OH)–C–C–N with tert-alkyl or cyclic N) is 1. The number of carbonyl (C=O) groups excluding carboxylic acids is 3. The van der Waals surface area contributed by atoms with Crippen molar-refractivity contribution in [3.05, 3.63) is 25.3 Å². The van der Waals surface area contributed by atoms with Crippen molar-refractivity contribution in [3.63, 3.8) is 0 Å². The predicted octanol–water partition coefficient (Wildman–Crippen LogP) is 2.69. The van der Waals surface area contributed by atoms with Crippen LogP contribution in [0.25, 0.3) is 0 Å². The van der Waals surface area contributed by atoms with Crippen LogP contribution in [0.5, 0.6) is 0 Å². The SMILES string of the molecule is C=CCOC(=O)[C@H]1[C@H]2C(=O)N(CCO)C(C(=O)N(CC=C)C(C)(C)CC(C)(C)C)C23CC(Br)[C@@H]1O3. The number of aliphatic hydroxyl groups excluding tert-OH is 1. The van der Waals surface area contributed by atoms with E-state index in [0.717, 1.165) is 6.42 Å².